The summed E-state index contributed by atoms with van der Waals surface area (Å²) in [6.45, 7) is 9.91. The number of halogens is 1. The van der Waals surface area contributed by atoms with Gasteiger partial charge in [-0.05, 0) is 104 Å². The van der Waals surface area contributed by atoms with E-state index in [9.17, 15) is 15.0 Å². The van der Waals surface area contributed by atoms with E-state index in [0.717, 1.165) is 58.9 Å². The quantitative estimate of drug-likeness (QED) is 0.197. The van der Waals surface area contributed by atoms with Crippen LogP contribution in [0.1, 0.15) is 87.8 Å². The zero-order valence-electron chi connectivity index (χ0n) is 28.4. The highest BCUT2D eigenvalue weighted by Crippen LogP contribution is 2.53. The molecule has 1 aliphatic heterocycles. The summed E-state index contributed by atoms with van der Waals surface area (Å²) in [5, 5.41) is 21.2. The van der Waals surface area contributed by atoms with Crippen LogP contribution in [0, 0.1) is 17.3 Å². The lowest BCUT2D eigenvalue weighted by atomic mass is 9.90. The second-order valence-electron chi connectivity index (χ2n) is 14.1. The Kier molecular flexibility index (Phi) is 12.9. The van der Waals surface area contributed by atoms with Crippen LogP contribution in [0.4, 0.5) is 0 Å². The number of hydrogen-bond donors (Lipinski definition) is 3. The van der Waals surface area contributed by atoms with Gasteiger partial charge in [-0.25, -0.2) is 0 Å². The second-order valence-corrected chi connectivity index (χ2v) is 15.8. The number of fused-ring (bicyclic) bond motifs is 1. The van der Waals surface area contributed by atoms with Crippen LogP contribution in [0.5, 0.6) is 0 Å². The van der Waals surface area contributed by atoms with Crippen molar-refractivity contribution in [2.24, 2.45) is 28.0 Å². The van der Waals surface area contributed by atoms with Gasteiger partial charge < -0.3 is 15.9 Å². The Morgan fingerprint density at radius 3 is 2.47 bits per heavy atom. The van der Waals surface area contributed by atoms with Crippen molar-refractivity contribution in [3.63, 3.8) is 0 Å². The van der Waals surface area contributed by atoms with E-state index in [1.54, 1.807) is 0 Å². The summed E-state index contributed by atoms with van der Waals surface area (Å²) in [6, 6.07) is 17.1. The molecule has 0 radical (unpaired) electrons. The Balaban J connectivity index is 0.000000762. The number of nitrogens with two attached hydrogens (primary N) is 1. The highest BCUT2D eigenvalue weighted by atomic mass is 35.5. The molecular weight excluding hydrogens is 624 g/mol. The van der Waals surface area contributed by atoms with E-state index >= 15 is 0 Å². The minimum Gasteiger partial charge on any atom is -0.481 e. The average Bonchev–Trinajstić information content (AvgIpc) is 3.78. The molecule has 1 heterocycles. The smallest absolute Gasteiger partial charge is 0.303 e. The van der Waals surface area contributed by atoms with Crippen LogP contribution in [0.25, 0.3) is 6.08 Å². The normalized spacial score (nSPS) is 21.0. The topological polar surface area (TPSA) is 95.9 Å². The number of rotatable bonds is 13. The van der Waals surface area contributed by atoms with E-state index in [1.807, 2.05) is 62.9 Å². The monoisotopic (exact) mass is 674 g/mol. The van der Waals surface area contributed by atoms with Crippen molar-refractivity contribution in [2.45, 2.75) is 89.7 Å². The fourth-order valence-electron chi connectivity index (χ4n) is 5.61. The molecule has 252 valence electrons. The van der Waals surface area contributed by atoms with E-state index in [1.165, 1.54) is 5.56 Å². The molecule has 0 bridgehead atoms. The van der Waals surface area contributed by atoms with Crippen molar-refractivity contribution < 1.29 is 15.0 Å². The minimum atomic E-state index is -0.955. The Morgan fingerprint density at radius 2 is 1.81 bits per heavy atom. The molecular formula is C40H51ClN2O3S. The molecule has 2 aromatic carbocycles. The fourth-order valence-corrected chi connectivity index (χ4v) is 7.43. The summed E-state index contributed by atoms with van der Waals surface area (Å²) < 4.78 is 0. The zero-order chi connectivity index (χ0) is 34.2. The maximum atomic E-state index is 11.5. The van der Waals surface area contributed by atoms with Crippen molar-refractivity contribution in [3.8, 4) is 0 Å². The largest absolute Gasteiger partial charge is 0.481 e. The molecule has 3 unspecified atom stereocenters. The number of aliphatic hydroxyl groups is 1. The first-order chi connectivity index (χ1) is 22.2. The van der Waals surface area contributed by atoms with Gasteiger partial charge in [0.05, 0.1) is 23.8 Å². The average molecular weight is 675 g/mol. The van der Waals surface area contributed by atoms with Crippen molar-refractivity contribution >= 4 is 41.1 Å². The number of allylic oxidation sites excluding steroid dienone is 4. The van der Waals surface area contributed by atoms with Crippen LogP contribution in [0.2, 0.25) is 0 Å². The van der Waals surface area contributed by atoms with Crippen molar-refractivity contribution in [3.05, 3.63) is 112 Å². The van der Waals surface area contributed by atoms with Crippen LogP contribution in [-0.4, -0.2) is 39.7 Å². The number of aryl methyl sites for hydroxylation is 1. The SMILES string of the molecule is CC(C)(O)c1ccccc1[C@H](CCc1cccc(/C=C/C2=NC3C=C(Cl)C=CC3C=C2)c1)SCC1(CC(=O)O)CC1.CC(C)C(C)N. The third-order valence-electron chi connectivity index (χ3n) is 9.17. The van der Waals surface area contributed by atoms with Crippen LogP contribution in [0.3, 0.4) is 0 Å². The van der Waals surface area contributed by atoms with Crippen LogP contribution < -0.4 is 5.73 Å². The lowest BCUT2D eigenvalue weighted by Crippen LogP contribution is -2.21. The summed E-state index contributed by atoms with van der Waals surface area (Å²) >= 11 is 8.03. The molecule has 2 aliphatic carbocycles. The predicted octanol–water partition coefficient (Wildman–Crippen LogP) is 9.27. The summed E-state index contributed by atoms with van der Waals surface area (Å²) in [5.41, 5.74) is 9.77. The van der Waals surface area contributed by atoms with Gasteiger partial charge >= 0.3 is 5.97 Å². The Morgan fingerprint density at radius 1 is 1.11 bits per heavy atom. The number of hydrogen-bond acceptors (Lipinski definition) is 5. The maximum absolute atomic E-state index is 11.5. The van der Waals surface area contributed by atoms with E-state index in [4.69, 9.17) is 22.3 Å². The van der Waals surface area contributed by atoms with Gasteiger partial charge in [0.15, 0.2) is 0 Å². The van der Waals surface area contributed by atoms with Crippen LogP contribution in [-0.2, 0) is 16.8 Å². The van der Waals surface area contributed by atoms with Crippen molar-refractivity contribution in [1.82, 2.24) is 0 Å². The van der Waals surface area contributed by atoms with Gasteiger partial charge in [0, 0.05) is 28.0 Å². The van der Waals surface area contributed by atoms with E-state index in [-0.39, 0.29) is 29.0 Å². The summed E-state index contributed by atoms with van der Waals surface area (Å²) in [6.07, 6.45) is 18.4. The Labute approximate surface area is 290 Å². The molecule has 3 aliphatic rings. The molecule has 0 saturated heterocycles. The number of nitrogens with zero attached hydrogens (tertiary/aromatic N) is 1. The standard InChI is InChI=1S/C35H38ClNO3S.C5H13N/c1-34(2,40)30-9-4-3-8-29(30)32(41-23-35(18-19-35)22-33(38)39)17-11-25-7-5-6-24(20-25)10-15-28-16-13-26-12-14-27(36)21-31(26)37-28;1-4(2)5(3)6/h3-10,12-16,20-21,26,31-32,40H,11,17-19,22-23H2,1-2H3,(H,38,39);4-5H,6H2,1-3H3/b15-10+;/t26?,31?,32-;/m0./s1. The summed E-state index contributed by atoms with van der Waals surface area (Å²) in [4.78, 5) is 16.3. The second kappa shape index (κ2) is 16.5. The molecule has 1 fully saturated rings. The van der Waals surface area contributed by atoms with Gasteiger partial charge in [0.1, 0.15) is 0 Å². The third kappa shape index (κ3) is 11.3. The molecule has 2 aromatic rings. The molecule has 0 spiro atoms. The minimum absolute atomic E-state index is 0.0509. The maximum Gasteiger partial charge on any atom is 0.303 e. The Bertz CT molecular complexity index is 1520. The molecule has 47 heavy (non-hydrogen) atoms. The number of thioether (sulfide) groups is 1. The lowest BCUT2D eigenvalue weighted by Gasteiger charge is -2.27. The van der Waals surface area contributed by atoms with Gasteiger partial charge in [0.25, 0.3) is 0 Å². The first kappa shape index (κ1) is 36.9. The van der Waals surface area contributed by atoms with E-state index < -0.39 is 11.6 Å². The van der Waals surface area contributed by atoms with E-state index in [0.29, 0.717) is 12.0 Å². The number of aliphatic imine (C=N–C) groups is 1. The molecule has 0 aromatic heterocycles. The van der Waals surface area contributed by atoms with Gasteiger partial charge in [-0.15, -0.1) is 0 Å². The molecule has 1 saturated carbocycles. The molecule has 5 nitrogen and oxygen atoms in total. The number of dihydropyridines is 1. The molecule has 5 rings (SSSR count). The van der Waals surface area contributed by atoms with E-state index in [2.05, 4.69) is 74.6 Å². The predicted molar refractivity (Wildman–Crippen MR) is 200 cm³/mol. The number of carbonyl (C=O) groups is 1. The van der Waals surface area contributed by atoms with Crippen molar-refractivity contribution in [2.75, 3.05) is 5.75 Å². The van der Waals surface area contributed by atoms with Crippen LogP contribution in [0.15, 0.2) is 95.0 Å². The molecule has 4 N–H and O–H groups in total. The van der Waals surface area contributed by atoms with Gasteiger partial charge in [0.2, 0.25) is 0 Å². The van der Waals surface area contributed by atoms with Gasteiger partial charge in [-0.3, -0.25) is 9.79 Å². The first-order valence-electron chi connectivity index (χ1n) is 16.7. The fraction of sp³-hybridized carbons (Fsp3) is 0.450. The number of carboxylic acid groups (broad SMARTS) is 1. The first-order valence-corrected chi connectivity index (χ1v) is 18.2. The number of aliphatic carboxylic acids is 1. The zero-order valence-corrected chi connectivity index (χ0v) is 30.0. The molecule has 7 heteroatoms. The molecule has 4 atom stereocenters. The third-order valence-corrected chi connectivity index (χ3v) is 11.1. The number of carboxylic acids is 1. The highest BCUT2D eigenvalue weighted by Gasteiger charge is 2.44. The van der Waals surface area contributed by atoms with Gasteiger partial charge in [-0.2, -0.15) is 11.8 Å². The molecule has 0 amide bonds. The summed E-state index contributed by atoms with van der Waals surface area (Å²) in [5.74, 6) is 1.00. The summed E-state index contributed by atoms with van der Waals surface area (Å²) in [7, 11) is 0. The van der Waals surface area contributed by atoms with Gasteiger partial charge in [-0.1, -0.05) is 92.2 Å². The van der Waals surface area contributed by atoms with Crippen molar-refractivity contribution in [1.29, 1.82) is 0 Å². The number of benzene rings is 2. The lowest BCUT2D eigenvalue weighted by molar-refractivity contribution is -0.138. The van der Waals surface area contributed by atoms with Crippen LogP contribution >= 0.6 is 23.4 Å². The Hall–Kier alpha value is -2.90. The highest BCUT2D eigenvalue weighted by molar-refractivity contribution is 7.99.